The van der Waals surface area contributed by atoms with Gasteiger partial charge >= 0.3 is 0 Å². The highest BCUT2D eigenvalue weighted by Crippen LogP contribution is 2.29. The zero-order valence-electron chi connectivity index (χ0n) is 15.4. The molecule has 0 saturated carbocycles. The Labute approximate surface area is 158 Å². The monoisotopic (exact) mass is 396 g/mol. The first-order chi connectivity index (χ1) is 12.3. The number of nitrogens with one attached hydrogen (secondary N) is 1. The minimum Gasteiger partial charge on any atom is -0.301 e. The van der Waals surface area contributed by atoms with Crippen LogP contribution >= 0.6 is 11.3 Å². The van der Waals surface area contributed by atoms with Gasteiger partial charge in [0.15, 0.2) is 0 Å². The van der Waals surface area contributed by atoms with E-state index in [0.717, 1.165) is 35.3 Å². The van der Waals surface area contributed by atoms with Crippen LogP contribution in [0.15, 0.2) is 22.5 Å². The van der Waals surface area contributed by atoms with Gasteiger partial charge in [0.25, 0.3) is 14.4 Å². The number of hydrogen-bond donors (Lipinski definition) is 1. The molecule has 0 aliphatic carbocycles. The van der Waals surface area contributed by atoms with E-state index in [9.17, 15) is 13.2 Å². The van der Waals surface area contributed by atoms with E-state index < -0.39 is 10.0 Å². The second-order valence-corrected chi connectivity index (χ2v) is 9.00. The summed E-state index contributed by atoms with van der Waals surface area (Å²) in [6.45, 7) is 7.87. The molecule has 2 rings (SSSR count). The van der Waals surface area contributed by atoms with E-state index in [1.807, 2.05) is 32.9 Å². The fourth-order valence-electron chi connectivity index (χ4n) is 2.53. The highest BCUT2D eigenvalue weighted by atomic mass is 32.2. The van der Waals surface area contributed by atoms with Gasteiger partial charge in [-0.15, -0.1) is 10.2 Å². The van der Waals surface area contributed by atoms with Gasteiger partial charge in [0, 0.05) is 13.0 Å². The van der Waals surface area contributed by atoms with Gasteiger partial charge < -0.3 is 5.32 Å². The standard InChI is InChI=1S/C17H24N4O3S2/c1-5-7-8-15(22)18-16-19-20-17(25-16)26(23,24)21(6-2)14-10-9-12(3)11-13(14)4/h9-11H,5-8H2,1-4H3,(H,18,19,22). The van der Waals surface area contributed by atoms with Gasteiger partial charge in [-0.3, -0.25) is 9.10 Å². The minimum absolute atomic E-state index is 0.134. The number of sulfonamides is 1. The van der Waals surface area contributed by atoms with Crippen molar-refractivity contribution in [1.29, 1.82) is 0 Å². The third-order valence-corrected chi connectivity index (χ3v) is 6.90. The molecule has 0 fully saturated rings. The summed E-state index contributed by atoms with van der Waals surface area (Å²) in [5.74, 6) is -0.186. The highest BCUT2D eigenvalue weighted by Gasteiger charge is 2.29. The van der Waals surface area contributed by atoms with Crippen LogP contribution in [-0.4, -0.2) is 31.1 Å². The van der Waals surface area contributed by atoms with Crippen LogP contribution in [0.25, 0.3) is 0 Å². The highest BCUT2D eigenvalue weighted by molar-refractivity contribution is 7.94. The summed E-state index contributed by atoms with van der Waals surface area (Å²) in [5.41, 5.74) is 2.54. The zero-order chi connectivity index (χ0) is 19.3. The van der Waals surface area contributed by atoms with E-state index in [4.69, 9.17) is 0 Å². The van der Waals surface area contributed by atoms with Crippen LogP contribution < -0.4 is 9.62 Å². The first kappa shape index (κ1) is 20.3. The normalized spacial score (nSPS) is 11.4. The van der Waals surface area contributed by atoms with Gasteiger partial charge in [0.1, 0.15) is 0 Å². The summed E-state index contributed by atoms with van der Waals surface area (Å²) in [6.07, 6.45) is 2.05. The number of carbonyl (C=O) groups excluding carboxylic acids is 1. The van der Waals surface area contributed by atoms with Crippen LogP contribution in [0.1, 0.15) is 44.2 Å². The van der Waals surface area contributed by atoms with Crippen molar-refractivity contribution in [2.45, 2.75) is 51.3 Å². The predicted octanol–water partition coefficient (Wildman–Crippen LogP) is 3.50. The van der Waals surface area contributed by atoms with Crippen molar-refractivity contribution in [3.63, 3.8) is 0 Å². The first-order valence-electron chi connectivity index (χ1n) is 8.53. The molecule has 0 aliphatic heterocycles. The summed E-state index contributed by atoms with van der Waals surface area (Å²) in [5, 5.41) is 10.4. The molecule has 0 radical (unpaired) electrons. The van der Waals surface area contributed by atoms with E-state index in [1.54, 1.807) is 13.0 Å². The van der Waals surface area contributed by atoms with E-state index in [0.29, 0.717) is 12.1 Å². The van der Waals surface area contributed by atoms with Crippen molar-refractivity contribution in [2.24, 2.45) is 0 Å². The molecule has 1 amide bonds. The molecule has 26 heavy (non-hydrogen) atoms. The predicted molar refractivity (Wildman–Crippen MR) is 104 cm³/mol. The molecule has 1 aromatic heterocycles. The first-order valence-corrected chi connectivity index (χ1v) is 10.8. The van der Waals surface area contributed by atoms with Crippen LogP contribution in [0.2, 0.25) is 0 Å². The number of unbranched alkanes of at least 4 members (excludes halogenated alkanes) is 1. The molecule has 9 heteroatoms. The van der Waals surface area contributed by atoms with Crippen LogP contribution in [0.5, 0.6) is 0 Å². The van der Waals surface area contributed by atoms with Crippen LogP contribution in [0, 0.1) is 13.8 Å². The molecule has 0 atom stereocenters. The number of aromatic nitrogens is 2. The Morgan fingerprint density at radius 3 is 2.58 bits per heavy atom. The molecule has 0 aliphatic rings. The summed E-state index contributed by atoms with van der Waals surface area (Å²) in [6, 6.07) is 5.60. The fraction of sp³-hybridized carbons (Fsp3) is 0.471. The largest absolute Gasteiger partial charge is 0.301 e. The number of nitrogens with zero attached hydrogens (tertiary/aromatic N) is 3. The molecule has 0 unspecified atom stereocenters. The van der Waals surface area contributed by atoms with Crippen molar-refractivity contribution < 1.29 is 13.2 Å². The Hall–Kier alpha value is -2.00. The summed E-state index contributed by atoms with van der Waals surface area (Å²) < 4.78 is 27.2. The Kier molecular flexibility index (Phi) is 6.71. The molecule has 7 nitrogen and oxygen atoms in total. The molecular formula is C17H24N4O3S2. The van der Waals surface area contributed by atoms with Crippen LogP contribution in [0.4, 0.5) is 10.8 Å². The maximum absolute atomic E-state index is 13.0. The van der Waals surface area contributed by atoms with E-state index in [-0.39, 0.29) is 21.9 Å². The van der Waals surface area contributed by atoms with E-state index in [2.05, 4.69) is 15.5 Å². The topological polar surface area (TPSA) is 92.3 Å². The number of carbonyl (C=O) groups is 1. The van der Waals surface area contributed by atoms with Crippen LogP contribution in [0.3, 0.4) is 0 Å². The number of hydrogen-bond acceptors (Lipinski definition) is 6. The third kappa shape index (κ3) is 4.59. The number of amides is 1. The molecule has 1 aromatic carbocycles. The van der Waals surface area contributed by atoms with Crippen molar-refractivity contribution in [3.05, 3.63) is 29.3 Å². The smallest absolute Gasteiger partial charge is 0.293 e. The van der Waals surface area contributed by atoms with Crippen molar-refractivity contribution in [3.8, 4) is 0 Å². The lowest BCUT2D eigenvalue weighted by atomic mass is 10.1. The lowest BCUT2D eigenvalue weighted by molar-refractivity contribution is -0.116. The van der Waals surface area contributed by atoms with Crippen molar-refractivity contribution >= 4 is 38.1 Å². The van der Waals surface area contributed by atoms with E-state index in [1.165, 1.54) is 4.31 Å². The molecule has 142 valence electrons. The number of aryl methyl sites for hydroxylation is 2. The maximum atomic E-state index is 13.0. The molecule has 0 bridgehead atoms. The molecule has 0 spiro atoms. The Morgan fingerprint density at radius 1 is 1.23 bits per heavy atom. The Morgan fingerprint density at radius 2 is 1.96 bits per heavy atom. The van der Waals surface area contributed by atoms with Crippen molar-refractivity contribution in [1.82, 2.24) is 10.2 Å². The Bertz CT molecular complexity index is 878. The molecule has 1 N–H and O–H groups in total. The van der Waals surface area contributed by atoms with E-state index >= 15 is 0 Å². The molecular weight excluding hydrogens is 372 g/mol. The summed E-state index contributed by atoms with van der Waals surface area (Å²) in [7, 11) is -3.84. The summed E-state index contributed by atoms with van der Waals surface area (Å²) in [4.78, 5) is 11.8. The quantitative estimate of drug-likeness (QED) is 0.690. The molecule has 2 aromatic rings. The second-order valence-electron chi connectivity index (χ2n) is 5.98. The van der Waals surface area contributed by atoms with Gasteiger partial charge in [0.05, 0.1) is 5.69 Å². The number of benzene rings is 1. The van der Waals surface area contributed by atoms with Gasteiger partial charge in [-0.05, 0) is 38.8 Å². The average Bonchev–Trinajstić information content (AvgIpc) is 3.04. The fourth-order valence-corrected chi connectivity index (χ4v) is 5.09. The lowest BCUT2D eigenvalue weighted by Gasteiger charge is -2.23. The maximum Gasteiger partial charge on any atom is 0.293 e. The second kappa shape index (κ2) is 8.59. The van der Waals surface area contributed by atoms with Gasteiger partial charge in [-0.1, -0.05) is 42.4 Å². The zero-order valence-corrected chi connectivity index (χ0v) is 17.1. The Balaban J connectivity index is 2.27. The van der Waals surface area contributed by atoms with Gasteiger partial charge in [-0.25, -0.2) is 0 Å². The lowest BCUT2D eigenvalue weighted by Crippen LogP contribution is -2.31. The molecule has 1 heterocycles. The van der Waals surface area contributed by atoms with Gasteiger partial charge in [-0.2, -0.15) is 8.42 Å². The SMILES string of the molecule is CCCCC(=O)Nc1nnc(S(=O)(=O)N(CC)c2ccc(C)cc2C)s1. The number of rotatable bonds is 8. The summed E-state index contributed by atoms with van der Waals surface area (Å²) >= 11 is 0.865. The number of anilines is 2. The minimum atomic E-state index is -3.84. The van der Waals surface area contributed by atoms with Gasteiger partial charge in [0.2, 0.25) is 11.0 Å². The third-order valence-electron chi connectivity index (χ3n) is 3.83. The molecule has 0 saturated heterocycles. The van der Waals surface area contributed by atoms with Crippen molar-refractivity contribution in [2.75, 3.05) is 16.2 Å². The van der Waals surface area contributed by atoms with Crippen LogP contribution in [-0.2, 0) is 14.8 Å². The average molecular weight is 397 g/mol.